The zero-order valence-electron chi connectivity index (χ0n) is 11.8. The molecule has 3 aromatic rings. The first-order chi connectivity index (χ1) is 10.2. The fraction of sp³-hybridized carbons (Fsp3) is 0.235. The number of nitrogens with zero attached hydrogens (tertiary/aromatic N) is 2. The first kappa shape index (κ1) is 14.4. The summed E-state index contributed by atoms with van der Waals surface area (Å²) in [4.78, 5) is 4.68. The number of aromatic nitrogens is 2. The van der Waals surface area contributed by atoms with E-state index in [-0.39, 0.29) is 0 Å². The van der Waals surface area contributed by atoms with Gasteiger partial charge >= 0.3 is 0 Å². The van der Waals surface area contributed by atoms with E-state index in [1.165, 1.54) is 5.56 Å². The Morgan fingerprint density at radius 2 is 1.86 bits per heavy atom. The molecule has 0 saturated heterocycles. The van der Waals surface area contributed by atoms with E-state index in [0.29, 0.717) is 10.9 Å². The lowest BCUT2D eigenvalue weighted by atomic mass is 10.1. The number of halogens is 2. The van der Waals surface area contributed by atoms with E-state index in [1.807, 2.05) is 18.2 Å². The molecule has 4 heteroatoms. The second-order valence-corrected chi connectivity index (χ2v) is 5.77. The van der Waals surface area contributed by atoms with Crippen molar-refractivity contribution < 1.29 is 0 Å². The zero-order valence-corrected chi connectivity index (χ0v) is 13.3. The van der Waals surface area contributed by atoms with Crippen molar-refractivity contribution in [2.75, 3.05) is 5.88 Å². The molecule has 0 fully saturated rings. The smallest absolute Gasteiger partial charge is 0.114 e. The Kier molecular flexibility index (Phi) is 4.18. The molecule has 0 aliphatic carbocycles. The van der Waals surface area contributed by atoms with Gasteiger partial charge in [0, 0.05) is 23.0 Å². The van der Waals surface area contributed by atoms with E-state index < -0.39 is 0 Å². The van der Waals surface area contributed by atoms with Gasteiger partial charge in [0.2, 0.25) is 0 Å². The number of imidazole rings is 1. The van der Waals surface area contributed by atoms with Crippen LogP contribution in [0.1, 0.15) is 18.3 Å². The minimum atomic E-state index is 0.645. The highest BCUT2D eigenvalue weighted by molar-refractivity contribution is 6.31. The summed E-state index contributed by atoms with van der Waals surface area (Å²) in [5.74, 6) is 1.68. The van der Waals surface area contributed by atoms with Crippen LogP contribution in [0, 0.1) is 0 Å². The molecule has 0 radical (unpaired) electrons. The molecule has 3 rings (SSSR count). The van der Waals surface area contributed by atoms with Crippen LogP contribution in [0.3, 0.4) is 0 Å². The molecule has 108 valence electrons. The third-order valence-electron chi connectivity index (χ3n) is 3.58. The highest BCUT2D eigenvalue weighted by atomic mass is 35.5. The molecular formula is C17H16Cl2N2. The number of alkyl halides is 1. The van der Waals surface area contributed by atoms with Crippen molar-refractivity contribution in [3.63, 3.8) is 0 Å². The summed E-state index contributed by atoms with van der Waals surface area (Å²) >= 11 is 11.9. The molecule has 2 aromatic carbocycles. The zero-order chi connectivity index (χ0) is 14.8. The van der Waals surface area contributed by atoms with E-state index in [9.17, 15) is 0 Å². The second kappa shape index (κ2) is 6.08. The van der Waals surface area contributed by atoms with Crippen LogP contribution in [0.2, 0.25) is 5.02 Å². The van der Waals surface area contributed by atoms with Gasteiger partial charge in [-0.2, -0.15) is 0 Å². The lowest BCUT2D eigenvalue weighted by Crippen LogP contribution is -2.00. The van der Waals surface area contributed by atoms with E-state index in [4.69, 9.17) is 23.2 Å². The SMILES string of the molecule is CCc1nc2cc(Cl)ccc2n1-c1ccc(CCCl)cc1. The number of hydrogen-bond acceptors (Lipinski definition) is 1. The highest BCUT2D eigenvalue weighted by Crippen LogP contribution is 2.25. The Labute approximate surface area is 134 Å². The topological polar surface area (TPSA) is 17.8 Å². The molecule has 1 aromatic heterocycles. The van der Waals surface area contributed by atoms with Crippen molar-refractivity contribution in [1.82, 2.24) is 9.55 Å². The summed E-state index contributed by atoms with van der Waals surface area (Å²) in [6.45, 7) is 2.11. The largest absolute Gasteiger partial charge is 0.296 e. The molecule has 0 amide bonds. The second-order valence-electron chi connectivity index (χ2n) is 4.96. The van der Waals surface area contributed by atoms with Crippen molar-refractivity contribution in [2.24, 2.45) is 0 Å². The summed E-state index contributed by atoms with van der Waals surface area (Å²) in [6.07, 6.45) is 1.76. The van der Waals surface area contributed by atoms with Gasteiger partial charge in [0.05, 0.1) is 11.0 Å². The molecule has 0 bridgehead atoms. The molecule has 0 spiro atoms. The van der Waals surface area contributed by atoms with Crippen LogP contribution in [0.5, 0.6) is 0 Å². The third kappa shape index (κ3) is 2.78. The first-order valence-corrected chi connectivity index (χ1v) is 7.96. The van der Waals surface area contributed by atoms with Crippen LogP contribution in [-0.2, 0) is 12.8 Å². The molecule has 0 unspecified atom stereocenters. The van der Waals surface area contributed by atoms with E-state index >= 15 is 0 Å². The van der Waals surface area contributed by atoms with Crippen LogP contribution < -0.4 is 0 Å². The molecular weight excluding hydrogens is 303 g/mol. The average molecular weight is 319 g/mol. The maximum absolute atomic E-state index is 6.06. The molecule has 2 nitrogen and oxygen atoms in total. The minimum absolute atomic E-state index is 0.645. The molecule has 0 atom stereocenters. The van der Waals surface area contributed by atoms with Gasteiger partial charge in [-0.1, -0.05) is 30.7 Å². The molecule has 0 aliphatic heterocycles. The van der Waals surface area contributed by atoms with Crippen LogP contribution >= 0.6 is 23.2 Å². The summed E-state index contributed by atoms with van der Waals surface area (Å²) < 4.78 is 2.19. The third-order valence-corrected chi connectivity index (χ3v) is 4.00. The number of benzene rings is 2. The maximum atomic E-state index is 6.06. The predicted octanol–water partition coefficient (Wildman–Crippen LogP) is 5.02. The van der Waals surface area contributed by atoms with Crippen molar-refractivity contribution in [3.8, 4) is 5.69 Å². The van der Waals surface area contributed by atoms with E-state index in [0.717, 1.165) is 35.4 Å². The van der Waals surface area contributed by atoms with Gasteiger partial charge in [-0.3, -0.25) is 4.57 Å². The molecule has 0 N–H and O–H groups in total. The van der Waals surface area contributed by atoms with Crippen LogP contribution in [0.4, 0.5) is 0 Å². The number of hydrogen-bond donors (Lipinski definition) is 0. The van der Waals surface area contributed by atoms with Gasteiger partial charge in [0.25, 0.3) is 0 Å². The fourth-order valence-electron chi connectivity index (χ4n) is 2.55. The molecule has 1 heterocycles. The monoisotopic (exact) mass is 318 g/mol. The number of rotatable bonds is 4. The Balaban J connectivity index is 2.13. The Morgan fingerprint density at radius 3 is 2.52 bits per heavy atom. The lowest BCUT2D eigenvalue weighted by Gasteiger charge is -2.09. The molecule has 0 saturated carbocycles. The standard InChI is InChI=1S/C17H16Cl2N2/c1-2-17-20-15-11-13(19)5-8-16(15)21(17)14-6-3-12(4-7-14)9-10-18/h3-8,11H,2,9-10H2,1H3. The lowest BCUT2D eigenvalue weighted by molar-refractivity contribution is 0.907. The van der Waals surface area contributed by atoms with Crippen LogP contribution in [0.25, 0.3) is 16.7 Å². The number of aryl methyl sites for hydroxylation is 2. The van der Waals surface area contributed by atoms with E-state index in [1.54, 1.807) is 0 Å². The summed E-state index contributed by atoms with van der Waals surface area (Å²) in [6, 6.07) is 14.3. The summed E-state index contributed by atoms with van der Waals surface area (Å²) in [5.41, 5.74) is 4.39. The van der Waals surface area contributed by atoms with Gasteiger partial charge in [0.15, 0.2) is 0 Å². The Bertz CT molecular complexity index is 760. The Morgan fingerprint density at radius 1 is 1.10 bits per heavy atom. The quantitative estimate of drug-likeness (QED) is 0.617. The van der Waals surface area contributed by atoms with Crippen LogP contribution in [0.15, 0.2) is 42.5 Å². The minimum Gasteiger partial charge on any atom is -0.296 e. The summed E-state index contributed by atoms with van der Waals surface area (Å²) in [7, 11) is 0. The van der Waals surface area contributed by atoms with Crippen molar-refractivity contribution in [2.45, 2.75) is 19.8 Å². The van der Waals surface area contributed by atoms with Gasteiger partial charge in [-0.15, -0.1) is 11.6 Å². The van der Waals surface area contributed by atoms with Crippen LogP contribution in [-0.4, -0.2) is 15.4 Å². The van der Waals surface area contributed by atoms with Gasteiger partial charge in [-0.25, -0.2) is 4.98 Å². The van der Waals surface area contributed by atoms with Crippen molar-refractivity contribution in [1.29, 1.82) is 0 Å². The van der Waals surface area contributed by atoms with E-state index in [2.05, 4.69) is 40.7 Å². The molecule has 0 aliphatic rings. The molecule has 21 heavy (non-hydrogen) atoms. The first-order valence-electron chi connectivity index (χ1n) is 7.05. The predicted molar refractivity (Wildman–Crippen MR) is 89.9 cm³/mol. The average Bonchev–Trinajstić information content (AvgIpc) is 2.86. The van der Waals surface area contributed by atoms with Crippen molar-refractivity contribution in [3.05, 3.63) is 58.9 Å². The highest BCUT2D eigenvalue weighted by Gasteiger charge is 2.11. The van der Waals surface area contributed by atoms with Gasteiger partial charge in [0.1, 0.15) is 5.82 Å². The normalized spacial score (nSPS) is 11.2. The van der Waals surface area contributed by atoms with Gasteiger partial charge < -0.3 is 0 Å². The fourth-order valence-corrected chi connectivity index (χ4v) is 2.93. The van der Waals surface area contributed by atoms with Gasteiger partial charge in [-0.05, 0) is 42.3 Å². The Hall–Kier alpha value is -1.51. The summed E-state index contributed by atoms with van der Waals surface area (Å²) in [5, 5.41) is 0.715. The number of fused-ring (bicyclic) bond motifs is 1. The van der Waals surface area contributed by atoms with Crippen molar-refractivity contribution >= 4 is 34.2 Å². The maximum Gasteiger partial charge on any atom is 0.114 e.